The van der Waals surface area contributed by atoms with Crippen molar-refractivity contribution in [3.05, 3.63) is 78.1 Å². The molecule has 2 heteroatoms. The average molecular weight is 293 g/mol. The van der Waals surface area contributed by atoms with Gasteiger partial charge in [0, 0.05) is 6.20 Å². The minimum atomic E-state index is -0.819. The van der Waals surface area contributed by atoms with Gasteiger partial charge in [-0.3, -0.25) is 4.98 Å². The molecule has 1 aliphatic carbocycles. The molecule has 3 rings (SSSR count). The van der Waals surface area contributed by atoms with Crippen LogP contribution >= 0.6 is 0 Å². The van der Waals surface area contributed by atoms with Crippen molar-refractivity contribution < 1.29 is 5.11 Å². The highest BCUT2D eigenvalue weighted by Crippen LogP contribution is 2.42. The van der Waals surface area contributed by atoms with Gasteiger partial charge < -0.3 is 5.11 Å². The molecular weight excluding hydrogens is 270 g/mol. The number of benzene rings is 1. The van der Waals surface area contributed by atoms with Crippen molar-refractivity contribution in [1.82, 2.24) is 4.98 Å². The lowest BCUT2D eigenvalue weighted by Crippen LogP contribution is -2.42. The molecule has 3 atom stereocenters. The van der Waals surface area contributed by atoms with E-state index < -0.39 is 5.60 Å². The highest BCUT2D eigenvalue weighted by Gasteiger charge is 2.41. The van der Waals surface area contributed by atoms with Gasteiger partial charge in [-0.1, -0.05) is 48.6 Å². The minimum absolute atomic E-state index is 0.105. The summed E-state index contributed by atoms with van der Waals surface area (Å²) in [7, 11) is 0. The highest BCUT2D eigenvalue weighted by molar-refractivity contribution is 5.32. The van der Waals surface area contributed by atoms with E-state index in [1.165, 1.54) is 0 Å². The zero-order valence-corrected chi connectivity index (χ0v) is 13.0. The van der Waals surface area contributed by atoms with E-state index in [1.54, 1.807) is 0 Å². The molecule has 1 aliphatic rings. The predicted octanol–water partition coefficient (Wildman–Crippen LogP) is 4.32. The van der Waals surface area contributed by atoms with Crippen molar-refractivity contribution in [2.75, 3.05) is 0 Å². The van der Waals surface area contributed by atoms with Crippen LogP contribution in [-0.4, -0.2) is 15.7 Å². The normalized spacial score (nSPS) is 22.0. The van der Waals surface area contributed by atoms with Crippen LogP contribution in [0.15, 0.2) is 66.9 Å². The van der Waals surface area contributed by atoms with E-state index in [0.717, 1.165) is 30.5 Å². The number of aliphatic hydroxyl groups is 1. The molecule has 0 unspecified atom stereocenters. The van der Waals surface area contributed by atoms with Gasteiger partial charge in [0.15, 0.2) is 0 Å². The van der Waals surface area contributed by atoms with Crippen LogP contribution in [0.3, 0.4) is 0 Å². The Bertz CT molecular complexity index is 579. The topological polar surface area (TPSA) is 33.1 Å². The van der Waals surface area contributed by atoms with E-state index in [-0.39, 0.29) is 11.8 Å². The van der Waals surface area contributed by atoms with E-state index >= 15 is 0 Å². The summed E-state index contributed by atoms with van der Waals surface area (Å²) in [6.07, 6.45) is 9.23. The van der Waals surface area contributed by atoms with E-state index in [1.807, 2.05) is 49.5 Å². The smallest absolute Gasteiger partial charge is 0.0774 e. The Morgan fingerprint density at radius 3 is 2.50 bits per heavy atom. The molecule has 0 bridgehead atoms. The molecule has 22 heavy (non-hydrogen) atoms. The minimum Gasteiger partial charge on any atom is -0.389 e. The van der Waals surface area contributed by atoms with Crippen molar-refractivity contribution >= 4 is 0 Å². The lowest BCUT2D eigenvalue weighted by atomic mass is 9.69. The quantitative estimate of drug-likeness (QED) is 0.852. The lowest BCUT2D eigenvalue weighted by Gasteiger charge is -2.40. The molecule has 1 aromatic carbocycles. The van der Waals surface area contributed by atoms with Crippen molar-refractivity contribution in [2.45, 2.75) is 37.7 Å². The Hall–Kier alpha value is -1.93. The maximum atomic E-state index is 11.4. The second-order valence-electron chi connectivity index (χ2n) is 6.31. The largest absolute Gasteiger partial charge is 0.389 e. The fourth-order valence-corrected chi connectivity index (χ4v) is 3.56. The SMILES string of the molecule is C[C@](O)([C@H]1CC=CCC1)[C@@H](c1ccccc1)c1ccccn1. The van der Waals surface area contributed by atoms with Crippen LogP contribution in [0.5, 0.6) is 0 Å². The molecule has 2 aromatic rings. The molecule has 0 saturated carbocycles. The van der Waals surface area contributed by atoms with Crippen LogP contribution < -0.4 is 0 Å². The van der Waals surface area contributed by atoms with Gasteiger partial charge in [0.2, 0.25) is 0 Å². The molecule has 1 N–H and O–H groups in total. The first-order chi connectivity index (χ1) is 10.7. The third-order valence-electron chi connectivity index (χ3n) is 4.80. The van der Waals surface area contributed by atoms with Crippen LogP contribution in [0.2, 0.25) is 0 Å². The van der Waals surface area contributed by atoms with Crippen LogP contribution in [0.1, 0.15) is 43.4 Å². The molecule has 2 nitrogen and oxygen atoms in total. The second-order valence-corrected chi connectivity index (χ2v) is 6.31. The second kappa shape index (κ2) is 6.45. The van der Waals surface area contributed by atoms with Gasteiger partial charge in [0.1, 0.15) is 0 Å². The van der Waals surface area contributed by atoms with Gasteiger partial charge >= 0.3 is 0 Å². The van der Waals surface area contributed by atoms with Crippen LogP contribution in [-0.2, 0) is 0 Å². The molecule has 0 amide bonds. The predicted molar refractivity (Wildman–Crippen MR) is 89.6 cm³/mol. The highest BCUT2D eigenvalue weighted by atomic mass is 16.3. The first-order valence-electron chi connectivity index (χ1n) is 8.03. The fourth-order valence-electron chi connectivity index (χ4n) is 3.56. The molecule has 114 valence electrons. The Kier molecular flexibility index (Phi) is 4.39. The molecule has 0 spiro atoms. The van der Waals surface area contributed by atoms with E-state index in [9.17, 15) is 5.11 Å². The van der Waals surface area contributed by atoms with Gasteiger partial charge in [-0.2, -0.15) is 0 Å². The summed E-state index contributed by atoms with van der Waals surface area (Å²) in [4.78, 5) is 4.54. The summed E-state index contributed by atoms with van der Waals surface area (Å²) in [5.74, 6) is 0.149. The maximum Gasteiger partial charge on any atom is 0.0774 e. The number of nitrogens with zero attached hydrogens (tertiary/aromatic N) is 1. The first-order valence-corrected chi connectivity index (χ1v) is 8.03. The molecular formula is C20H23NO. The van der Waals surface area contributed by atoms with Gasteiger partial charge in [-0.25, -0.2) is 0 Å². The van der Waals surface area contributed by atoms with Crippen LogP contribution in [0.25, 0.3) is 0 Å². The van der Waals surface area contributed by atoms with Gasteiger partial charge in [0.25, 0.3) is 0 Å². The summed E-state index contributed by atoms with van der Waals surface area (Å²) in [5.41, 5.74) is 1.24. The number of hydrogen-bond acceptors (Lipinski definition) is 2. The Morgan fingerprint density at radius 1 is 1.09 bits per heavy atom. The lowest BCUT2D eigenvalue weighted by molar-refractivity contribution is -0.0206. The molecule has 0 fully saturated rings. The number of hydrogen-bond donors (Lipinski definition) is 1. The monoisotopic (exact) mass is 293 g/mol. The summed E-state index contributed by atoms with van der Waals surface area (Å²) in [6.45, 7) is 1.98. The maximum absolute atomic E-state index is 11.4. The average Bonchev–Trinajstić information content (AvgIpc) is 2.58. The third kappa shape index (κ3) is 2.97. The first kappa shape index (κ1) is 15.0. The van der Waals surface area contributed by atoms with Crippen LogP contribution in [0, 0.1) is 5.92 Å². The fraction of sp³-hybridized carbons (Fsp3) is 0.350. The number of allylic oxidation sites excluding steroid dienone is 2. The van der Waals surface area contributed by atoms with Crippen LogP contribution in [0.4, 0.5) is 0 Å². The molecule has 0 radical (unpaired) electrons. The molecule has 0 saturated heterocycles. The van der Waals surface area contributed by atoms with Crippen molar-refractivity contribution in [1.29, 1.82) is 0 Å². The molecule has 0 aliphatic heterocycles. The van der Waals surface area contributed by atoms with E-state index in [0.29, 0.717) is 0 Å². The Balaban J connectivity index is 2.03. The van der Waals surface area contributed by atoms with Gasteiger partial charge in [-0.05, 0) is 49.8 Å². The Labute approximate surface area is 132 Å². The van der Waals surface area contributed by atoms with E-state index in [2.05, 4.69) is 29.3 Å². The Morgan fingerprint density at radius 2 is 1.86 bits per heavy atom. The van der Waals surface area contributed by atoms with Gasteiger partial charge in [0.05, 0.1) is 17.2 Å². The summed E-state index contributed by atoms with van der Waals surface area (Å²) < 4.78 is 0. The zero-order valence-electron chi connectivity index (χ0n) is 13.0. The van der Waals surface area contributed by atoms with E-state index in [4.69, 9.17) is 0 Å². The third-order valence-corrected chi connectivity index (χ3v) is 4.80. The zero-order chi connectivity index (χ0) is 15.4. The molecule has 1 aromatic heterocycles. The summed E-state index contributed by atoms with van der Waals surface area (Å²) >= 11 is 0. The summed E-state index contributed by atoms with van der Waals surface area (Å²) in [5, 5.41) is 11.4. The van der Waals surface area contributed by atoms with Crippen molar-refractivity contribution in [3.63, 3.8) is 0 Å². The number of aromatic nitrogens is 1. The van der Waals surface area contributed by atoms with Gasteiger partial charge in [-0.15, -0.1) is 0 Å². The summed E-state index contributed by atoms with van der Waals surface area (Å²) in [6, 6.07) is 16.2. The van der Waals surface area contributed by atoms with Crippen molar-refractivity contribution in [2.24, 2.45) is 5.92 Å². The van der Waals surface area contributed by atoms with Crippen molar-refractivity contribution in [3.8, 4) is 0 Å². The molecule has 1 heterocycles. The standard InChI is InChI=1S/C20H23NO/c1-20(22,17-12-6-3-7-13-17)19(16-10-4-2-5-11-16)18-14-8-9-15-21-18/h2-6,8-11,14-15,17,19,22H,7,12-13H2,1H3/t17-,19-,20-/m0/s1. The number of pyridine rings is 1. The number of rotatable bonds is 4.